The summed E-state index contributed by atoms with van der Waals surface area (Å²) in [5.41, 5.74) is 5.41. The molecule has 3 rings (SSSR count). The van der Waals surface area contributed by atoms with Crippen molar-refractivity contribution in [2.24, 2.45) is 11.8 Å². The molecule has 124 valence electrons. The smallest absolute Gasteiger partial charge is 0.00128 e. The van der Waals surface area contributed by atoms with Crippen molar-refractivity contribution >= 4 is 0 Å². The highest BCUT2D eigenvalue weighted by Crippen LogP contribution is 2.43. The summed E-state index contributed by atoms with van der Waals surface area (Å²) in [7, 11) is 4.43. The van der Waals surface area contributed by atoms with Gasteiger partial charge >= 0.3 is 0 Å². The van der Waals surface area contributed by atoms with E-state index in [4.69, 9.17) is 0 Å². The van der Waals surface area contributed by atoms with Crippen molar-refractivity contribution in [3.05, 3.63) is 22.8 Å². The van der Waals surface area contributed by atoms with Crippen LogP contribution in [-0.4, -0.2) is 25.5 Å². The molecule has 0 heterocycles. The Hall–Kier alpha value is -0.560. The monoisotopic (exact) mass is 301 g/mol. The van der Waals surface area contributed by atoms with Gasteiger partial charge < -0.3 is 4.90 Å². The zero-order valence-electron chi connectivity index (χ0n) is 14.9. The first-order valence-electron chi connectivity index (χ1n) is 9.81. The lowest BCUT2D eigenvalue weighted by molar-refractivity contribution is 0.393. The number of nitrogens with zero attached hydrogens (tertiary/aromatic N) is 1. The minimum absolute atomic E-state index is 0.895. The Kier molecular flexibility index (Phi) is 5.79. The van der Waals surface area contributed by atoms with Crippen LogP contribution in [0.2, 0.25) is 0 Å². The van der Waals surface area contributed by atoms with E-state index in [0.717, 1.165) is 11.8 Å². The van der Waals surface area contributed by atoms with Gasteiger partial charge in [0.05, 0.1) is 0 Å². The van der Waals surface area contributed by atoms with Crippen molar-refractivity contribution in [1.29, 1.82) is 0 Å². The molecule has 0 amide bonds. The number of allylic oxidation sites excluding steroid dienone is 3. The highest BCUT2D eigenvalue weighted by atomic mass is 15.0. The molecule has 22 heavy (non-hydrogen) atoms. The van der Waals surface area contributed by atoms with Gasteiger partial charge in [-0.2, -0.15) is 0 Å². The molecule has 1 nitrogen and oxygen atoms in total. The largest absolute Gasteiger partial charge is 0.309 e. The molecule has 0 saturated heterocycles. The summed E-state index contributed by atoms with van der Waals surface area (Å²) in [4.78, 5) is 2.35. The van der Waals surface area contributed by atoms with Crippen molar-refractivity contribution in [2.45, 2.75) is 77.0 Å². The lowest BCUT2D eigenvalue weighted by Crippen LogP contribution is -2.15. The summed E-state index contributed by atoms with van der Waals surface area (Å²) in [5.74, 6) is 1.82. The zero-order valence-corrected chi connectivity index (χ0v) is 14.9. The minimum atomic E-state index is 0.895. The number of hydrogen-bond donors (Lipinski definition) is 0. The van der Waals surface area contributed by atoms with Gasteiger partial charge in [0.2, 0.25) is 0 Å². The van der Waals surface area contributed by atoms with E-state index >= 15 is 0 Å². The third-order valence-electron chi connectivity index (χ3n) is 6.20. The minimum Gasteiger partial charge on any atom is -0.309 e. The van der Waals surface area contributed by atoms with Crippen LogP contribution in [0.3, 0.4) is 0 Å². The van der Waals surface area contributed by atoms with Crippen LogP contribution >= 0.6 is 0 Å². The van der Waals surface area contributed by atoms with E-state index in [1.165, 1.54) is 83.6 Å². The maximum absolute atomic E-state index is 2.69. The van der Waals surface area contributed by atoms with Crippen molar-refractivity contribution in [1.82, 2.24) is 4.90 Å². The van der Waals surface area contributed by atoms with Crippen LogP contribution in [0.15, 0.2) is 22.8 Å². The normalized spacial score (nSPS) is 25.1. The van der Waals surface area contributed by atoms with Gasteiger partial charge in [-0.15, -0.1) is 0 Å². The fourth-order valence-electron chi connectivity index (χ4n) is 4.85. The van der Waals surface area contributed by atoms with Crippen LogP contribution in [0.5, 0.6) is 0 Å². The van der Waals surface area contributed by atoms with Crippen LogP contribution in [0, 0.1) is 11.8 Å². The molecule has 0 spiro atoms. The molecule has 0 unspecified atom stereocenters. The number of rotatable bonds is 5. The van der Waals surface area contributed by atoms with Crippen LogP contribution in [0.25, 0.3) is 0 Å². The highest BCUT2D eigenvalue weighted by Gasteiger charge is 2.28. The molecule has 3 aliphatic carbocycles. The maximum Gasteiger partial charge on any atom is 0.00128 e. The highest BCUT2D eigenvalue weighted by molar-refractivity contribution is 5.42. The molecule has 3 aliphatic rings. The van der Waals surface area contributed by atoms with Gasteiger partial charge in [0.15, 0.2) is 0 Å². The lowest BCUT2D eigenvalue weighted by Gasteiger charge is -2.24. The first-order chi connectivity index (χ1) is 10.7. The van der Waals surface area contributed by atoms with E-state index in [2.05, 4.69) is 25.1 Å². The molecular weight excluding hydrogens is 266 g/mol. The molecular formula is C21H35N. The summed E-state index contributed by atoms with van der Waals surface area (Å²) in [6.45, 7) is 1.22. The molecule has 0 aromatic carbocycles. The van der Waals surface area contributed by atoms with Gasteiger partial charge in [-0.25, -0.2) is 0 Å². The zero-order chi connectivity index (χ0) is 15.4. The molecule has 1 heteroatoms. The summed E-state index contributed by atoms with van der Waals surface area (Å²) < 4.78 is 0. The third kappa shape index (κ3) is 4.04. The van der Waals surface area contributed by atoms with Gasteiger partial charge in [0.25, 0.3) is 0 Å². The van der Waals surface area contributed by atoms with E-state index in [-0.39, 0.29) is 0 Å². The first kappa shape index (κ1) is 16.3. The second kappa shape index (κ2) is 7.81. The van der Waals surface area contributed by atoms with Gasteiger partial charge in [-0.05, 0) is 70.0 Å². The van der Waals surface area contributed by atoms with Crippen LogP contribution < -0.4 is 0 Å². The Morgan fingerprint density at radius 1 is 0.864 bits per heavy atom. The second-order valence-corrected chi connectivity index (χ2v) is 8.18. The first-order valence-corrected chi connectivity index (χ1v) is 9.81. The molecule has 0 N–H and O–H groups in total. The Morgan fingerprint density at radius 3 is 2.05 bits per heavy atom. The molecule has 0 radical (unpaired) electrons. The lowest BCUT2D eigenvalue weighted by atomic mass is 9.82. The van der Waals surface area contributed by atoms with E-state index < -0.39 is 0 Å². The summed E-state index contributed by atoms with van der Waals surface area (Å²) in [5, 5.41) is 0. The van der Waals surface area contributed by atoms with Crippen LogP contribution in [0.4, 0.5) is 0 Å². The van der Waals surface area contributed by atoms with Crippen molar-refractivity contribution in [2.75, 3.05) is 20.6 Å². The van der Waals surface area contributed by atoms with Crippen molar-refractivity contribution < 1.29 is 0 Å². The Balaban J connectivity index is 1.71. The van der Waals surface area contributed by atoms with Gasteiger partial charge in [-0.1, -0.05) is 55.7 Å². The average molecular weight is 302 g/mol. The predicted molar refractivity (Wildman–Crippen MR) is 96.0 cm³/mol. The molecule has 0 aliphatic heterocycles. The molecule has 0 aromatic rings. The second-order valence-electron chi connectivity index (χ2n) is 8.18. The Bertz CT molecular complexity index is 417. The summed E-state index contributed by atoms with van der Waals surface area (Å²) in [6, 6.07) is 0. The van der Waals surface area contributed by atoms with Gasteiger partial charge in [0.1, 0.15) is 0 Å². The van der Waals surface area contributed by atoms with E-state index in [0.29, 0.717) is 0 Å². The van der Waals surface area contributed by atoms with E-state index in [9.17, 15) is 0 Å². The quantitative estimate of drug-likeness (QED) is 0.627. The summed E-state index contributed by atoms with van der Waals surface area (Å²) in [6.07, 6.45) is 19.9. The van der Waals surface area contributed by atoms with Crippen molar-refractivity contribution in [3.8, 4) is 0 Å². The predicted octanol–water partition coefficient (Wildman–Crippen LogP) is 5.73. The topological polar surface area (TPSA) is 3.24 Å². The Labute approximate surface area is 137 Å². The van der Waals surface area contributed by atoms with E-state index in [1.54, 1.807) is 11.1 Å². The van der Waals surface area contributed by atoms with Crippen LogP contribution in [0.1, 0.15) is 77.0 Å². The molecule has 0 aromatic heterocycles. The molecule has 2 fully saturated rings. The maximum atomic E-state index is 2.69. The standard InChI is InChI=1S/C21H35N/c1-22(2)14-13-19-15-20(17-9-5-3-6-10-17)16-21(19)18-11-7-4-8-12-18/h16-18H,3-15H2,1-2H3. The molecule has 0 atom stereocenters. The Morgan fingerprint density at radius 2 is 1.45 bits per heavy atom. The molecule has 2 saturated carbocycles. The summed E-state index contributed by atoms with van der Waals surface area (Å²) >= 11 is 0. The number of hydrogen-bond acceptors (Lipinski definition) is 1. The SMILES string of the molecule is CN(C)CCC1=C(C2CCCCC2)C=C(C2CCCCC2)C1. The fourth-order valence-corrected chi connectivity index (χ4v) is 4.85. The third-order valence-corrected chi connectivity index (χ3v) is 6.20. The van der Waals surface area contributed by atoms with Gasteiger partial charge in [0, 0.05) is 6.54 Å². The van der Waals surface area contributed by atoms with Gasteiger partial charge in [-0.3, -0.25) is 0 Å². The molecule has 0 bridgehead atoms. The average Bonchev–Trinajstić information content (AvgIpc) is 2.99. The van der Waals surface area contributed by atoms with Crippen LogP contribution in [-0.2, 0) is 0 Å². The van der Waals surface area contributed by atoms with Crippen molar-refractivity contribution in [3.63, 3.8) is 0 Å². The fraction of sp³-hybridized carbons (Fsp3) is 0.810. The van der Waals surface area contributed by atoms with E-state index in [1.807, 2.05) is 5.57 Å².